The molecule has 0 saturated heterocycles. The normalized spacial score (nSPS) is 10.6. The van der Waals surface area contributed by atoms with Gasteiger partial charge in [0.05, 0.1) is 13.2 Å². The fraction of sp³-hybridized carbons (Fsp3) is 0.438. The third kappa shape index (κ3) is 4.53. The monoisotopic (exact) mass is 318 g/mol. The number of anilines is 1. The van der Waals surface area contributed by atoms with Gasteiger partial charge < -0.3 is 20.3 Å². The van der Waals surface area contributed by atoms with Crippen molar-refractivity contribution in [3.63, 3.8) is 0 Å². The van der Waals surface area contributed by atoms with Crippen molar-refractivity contribution in [3.05, 3.63) is 41.0 Å². The van der Waals surface area contributed by atoms with Gasteiger partial charge in [-0.25, -0.2) is 0 Å². The van der Waals surface area contributed by atoms with Crippen LogP contribution in [-0.4, -0.2) is 34.3 Å². The Hall–Kier alpha value is -2.41. The molecule has 0 fully saturated rings. The number of benzene rings is 1. The molecular weight excluding hydrogens is 296 g/mol. The average molecular weight is 318 g/mol. The lowest BCUT2D eigenvalue weighted by molar-refractivity contribution is 0.0944. The Kier molecular flexibility index (Phi) is 6.10. The molecule has 0 spiro atoms. The Labute approximate surface area is 135 Å². The molecule has 0 saturated carbocycles. The first-order chi connectivity index (χ1) is 11.2. The van der Waals surface area contributed by atoms with E-state index >= 15 is 0 Å². The number of nitrogens with zero attached hydrogens (tertiary/aromatic N) is 2. The number of carbonyl (C=O) groups excluding carboxylic acids is 1. The van der Waals surface area contributed by atoms with E-state index in [1.54, 1.807) is 12.1 Å². The lowest BCUT2D eigenvalue weighted by Crippen LogP contribution is -2.27. The number of nitrogens with one attached hydrogen (secondary N) is 2. The highest BCUT2D eigenvalue weighted by Gasteiger charge is 2.12. The van der Waals surface area contributed by atoms with E-state index in [1.165, 1.54) is 0 Å². The molecule has 1 heterocycles. The van der Waals surface area contributed by atoms with E-state index in [9.17, 15) is 4.79 Å². The summed E-state index contributed by atoms with van der Waals surface area (Å²) in [6.45, 7) is 4.48. The summed E-state index contributed by atoms with van der Waals surface area (Å²) in [5, 5.41) is 18.6. The number of aliphatic hydroxyl groups is 1. The number of amides is 1. The van der Waals surface area contributed by atoms with Crippen LogP contribution in [0.5, 0.6) is 0 Å². The molecule has 1 amide bonds. The van der Waals surface area contributed by atoms with Crippen LogP contribution >= 0.6 is 0 Å². The molecule has 1 aromatic carbocycles. The summed E-state index contributed by atoms with van der Waals surface area (Å²) in [6, 6.07) is 5.44. The minimum atomic E-state index is -0.205. The Morgan fingerprint density at radius 3 is 2.96 bits per heavy atom. The fourth-order valence-corrected chi connectivity index (χ4v) is 2.20. The topological polar surface area (TPSA) is 100 Å². The molecule has 0 bridgehead atoms. The van der Waals surface area contributed by atoms with E-state index in [0.29, 0.717) is 23.8 Å². The zero-order chi connectivity index (χ0) is 16.7. The number of aryl methyl sites for hydroxylation is 1. The van der Waals surface area contributed by atoms with E-state index in [1.807, 2.05) is 13.0 Å². The van der Waals surface area contributed by atoms with Crippen LogP contribution in [0.2, 0.25) is 0 Å². The molecule has 2 aromatic rings. The van der Waals surface area contributed by atoms with Crippen LogP contribution in [0.4, 0.5) is 5.69 Å². The average Bonchev–Trinajstić information content (AvgIpc) is 2.99. The minimum absolute atomic E-state index is 0.0833. The van der Waals surface area contributed by atoms with Crippen molar-refractivity contribution in [2.45, 2.75) is 33.2 Å². The van der Waals surface area contributed by atoms with Crippen LogP contribution in [-0.2, 0) is 13.0 Å². The number of carbonyl (C=O) groups is 1. The van der Waals surface area contributed by atoms with Crippen LogP contribution in [0.15, 0.2) is 22.7 Å². The van der Waals surface area contributed by atoms with Gasteiger partial charge in [-0.2, -0.15) is 4.98 Å². The lowest BCUT2D eigenvalue weighted by Gasteiger charge is -2.12. The van der Waals surface area contributed by atoms with Crippen molar-refractivity contribution in [2.75, 3.05) is 18.5 Å². The van der Waals surface area contributed by atoms with Gasteiger partial charge in [-0.15, -0.1) is 0 Å². The first-order valence-electron chi connectivity index (χ1n) is 7.69. The highest BCUT2D eigenvalue weighted by molar-refractivity contribution is 5.97. The second-order valence-corrected chi connectivity index (χ2v) is 5.17. The fourth-order valence-electron chi connectivity index (χ4n) is 2.20. The number of aliphatic hydroxyl groups excluding tert-OH is 1. The van der Waals surface area contributed by atoms with Crippen molar-refractivity contribution in [1.29, 1.82) is 0 Å². The first kappa shape index (κ1) is 17.0. The van der Waals surface area contributed by atoms with Gasteiger partial charge in [0.2, 0.25) is 5.89 Å². The zero-order valence-electron chi connectivity index (χ0n) is 13.4. The molecule has 1 aromatic heterocycles. The maximum absolute atomic E-state index is 12.0. The maximum Gasteiger partial charge on any atom is 0.251 e. The van der Waals surface area contributed by atoms with Crippen molar-refractivity contribution in [3.8, 4) is 0 Å². The van der Waals surface area contributed by atoms with E-state index < -0.39 is 0 Å². The van der Waals surface area contributed by atoms with Gasteiger partial charge in [-0.05, 0) is 31.0 Å². The van der Waals surface area contributed by atoms with Gasteiger partial charge in [-0.3, -0.25) is 4.79 Å². The van der Waals surface area contributed by atoms with Gasteiger partial charge in [0.15, 0.2) is 5.82 Å². The van der Waals surface area contributed by atoms with Crippen molar-refractivity contribution in [1.82, 2.24) is 15.5 Å². The van der Waals surface area contributed by atoms with E-state index in [4.69, 9.17) is 9.63 Å². The first-order valence-corrected chi connectivity index (χ1v) is 7.69. The number of rotatable bonds is 8. The van der Waals surface area contributed by atoms with Crippen molar-refractivity contribution >= 4 is 11.6 Å². The van der Waals surface area contributed by atoms with Gasteiger partial charge in [0.25, 0.3) is 5.91 Å². The molecule has 7 heteroatoms. The van der Waals surface area contributed by atoms with E-state index in [2.05, 4.69) is 27.7 Å². The van der Waals surface area contributed by atoms with Crippen LogP contribution < -0.4 is 10.6 Å². The Morgan fingerprint density at radius 2 is 2.22 bits per heavy atom. The SMILES string of the molecule is CCCc1noc(CNc2cccc(C(=O)NCCO)c2C)n1. The van der Waals surface area contributed by atoms with Crippen LogP contribution in [0.1, 0.15) is 41.0 Å². The molecule has 3 N–H and O–H groups in total. The van der Waals surface area contributed by atoms with Gasteiger partial charge in [0, 0.05) is 24.2 Å². The second-order valence-electron chi connectivity index (χ2n) is 5.17. The highest BCUT2D eigenvalue weighted by atomic mass is 16.5. The Bertz CT molecular complexity index is 655. The predicted molar refractivity (Wildman–Crippen MR) is 86.2 cm³/mol. The van der Waals surface area contributed by atoms with Crippen molar-refractivity contribution in [2.24, 2.45) is 0 Å². The zero-order valence-corrected chi connectivity index (χ0v) is 13.4. The quantitative estimate of drug-likeness (QED) is 0.684. The van der Waals surface area contributed by atoms with Gasteiger partial charge in [0.1, 0.15) is 0 Å². The summed E-state index contributed by atoms with van der Waals surface area (Å²) >= 11 is 0. The number of hydrogen-bond acceptors (Lipinski definition) is 6. The lowest BCUT2D eigenvalue weighted by atomic mass is 10.1. The van der Waals surface area contributed by atoms with E-state index in [0.717, 1.165) is 24.1 Å². The third-order valence-corrected chi connectivity index (χ3v) is 3.39. The Balaban J connectivity index is 2.03. The summed E-state index contributed by atoms with van der Waals surface area (Å²) in [5.74, 6) is 1.02. The molecule has 0 unspecified atom stereocenters. The molecule has 0 atom stereocenters. The molecule has 7 nitrogen and oxygen atoms in total. The molecule has 124 valence electrons. The van der Waals surface area contributed by atoms with Crippen LogP contribution in [0, 0.1) is 6.92 Å². The van der Waals surface area contributed by atoms with Crippen LogP contribution in [0.3, 0.4) is 0 Å². The summed E-state index contributed by atoms with van der Waals surface area (Å²) in [6.07, 6.45) is 1.76. The molecule has 0 aliphatic heterocycles. The standard InChI is InChI=1S/C16H22N4O3/c1-3-5-14-19-15(23-20-14)10-18-13-7-4-6-12(11(13)2)16(22)17-8-9-21/h4,6-7,18,21H,3,5,8-10H2,1-2H3,(H,17,22). The smallest absolute Gasteiger partial charge is 0.251 e. The minimum Gasteiger partial charge on any atom is -0.395 e. The largest absolute Gasteiger partial charge is 0.395 e. The summed E-state index contributed by atoms with van der Waals surface area (Å²) in [5.41, 5.74) is 2.23. The van der Waals surface area contributed by atoms with Gasteiger partial charge >= 0.3 is 0 Å². The molecular formula is C16H22N4O3. The molecule has 0 aliphatic carbocycles. The molecule has 23 heavy (non-hydrogen) atoms. The molecule has 0 aliphatic rings. The van der Waals surface area contributed by atoms with E-state index in [-0.39, 0.29) is 19.1 Å². The summed E-state index contributed by atoms with van der Waals surface area (Å²) in [7, 11) is 0. The molecule has 0 radical (unpaired) electrons. The van der Waals surface area contributed by atoms with Crippen LogP contribution in [0.25, 0.3) is 0 Å². The highest BCUT2D eigenvalue weighted by Crippen LogP contribution is 2.19. The number of aromatic nitrogens is 2. The maximum atomic E-state index is 12.0. The Morgan fingerprint density at radius 1 is 1.39 bits per heavy atom. The second kappa shape index (κ2) is 8.28. The summed E-state index contributed by atoms with van der Waals surface area (Å²) in [4.78, 5) is 16.3. The predicted octanol–water partition coefficient (Wildman–Crippen LogP) is 1.66. The third-order valence-electron chi connectivity index (χ3n) is 3.39. The van der Waals surface area contributed by atoms with Crippen molar-refractivity contribution < 1.29 is 14.4 Å². The van der Waals surface area contributed by atoms with Gasteiger partial charge in [-0.1, -0.05) is 18.1 Å². The summed E-state index contributed by atoms with van der Waals surface area (Å²) < 4.78 is 5.18. The number of hydrogen-bond donors (Lipinski definition) is 3. The molecule has 2 rings (SSSR count).